The highest BCUT2D eigenvalue weighted by atomic mass is 32.1. The number of carbonyl (C=O) groups is 1. The van der Waals surface area contributed by atoms with Crippen molar-refractivity contribution in [3.8, 4) is 10.6 Å². The molecule has 108 valence electrons. The molecule has 3 aromatic heterocycles. The monoisotopic (exact) mass is 301 g/mol. The Balaban J connectivity index is 1.78. The fourth-order valence-electron chi connectivity index (χ4n) is 2.00. The van der Waals surface area contributed by atoms with E-state index in [0.29, 0.717) is 11.5 Å². The lowest BCUT2D eigenvalue weighted by molar-refractivity contribution is 0.102. The Labute approximate surface area is 125 Å². The van der Waals surface area contributed by atoms with Gasteiger partial charge in [-0.3, -0.25) is 9.89 Å². The van der Waals surface area contributed by atoms with Gasteiger partial charge in [-0.2, -0.15) is 10.2 Å². The summed E-state index contributed by atoms with van der Waals surface area (Å²) in [6, 6.07) is 7.63. The molecular formula is C14H15N5OS. The number of carbonyl (C=O) groups excluding carboxylic acids is 1. The van der Waals surface area contributed by atoms with E-state index in [-0.39, 0.29) is 11.9 Å². The van der Waals surface area contributed by atoms with Crippen molar-refractivity contribution < 1.29 is 4.79 Å². The van der Waals surface area contributed by atoms with E-state index >= 15 is 0 Å². The van der Waals surface area contributed by atoms with Crippen LogP contribution < -0.4 is 5.32 Å². The van der Waals surface area contributed by atoms with E-state index in [4.69, 9.17) is 0 Å². The Morgan fingerprint density at radius 2 is 2.29 bits per heavy atom. The molecule has 21 heavy (non-hydrogen) atoms. The number of hydrogen-bond donors (Lipinski definition) is 2. The Morgan fingerprint density at radius 1 is 1.43 bits per heavy atom. The van der Waals surface area contributed by atoms with Crippen LogP contribution in [-0.4, -0.2) is 25.9 Å². The van der Waals surface area contributed by atoms with Crippen molar-refractivity contribution in [1.82, 2.24) is 20.0 Å². The third-order valence-electron chi connectivity index (χ3n) is 3.00. The Bertz CT molecular complexity index is 741. The topological polar surface area (TPSA) is 75.6 Å². The standard InChI is InChI=1S/C14H15N5OS/c1-9(2)19-13(5-6-15-19)16-14(20)11-8-10(17-18-11)12-4-3-7-21-12/h3-9H,1-2H3,(H,16,20)(H,17,18). The van der Waals surface area contributed by atoms with Gasteiger partial charge in [0, 0.05) is 12.1 Å². The van der Waals surface area contributed by atoms with E-state index in [1.54, 1.807) is 34.3 Å². The minimum absolute atomic E-state index is 0.177. The van der Waals surface area contributed by atoms with Crippen molar-refractivity contribution >= 4 is 23.1 Å². The van der Waals surface area contributed by atoms with Gasteiger partial charge in [0.25, 0.3) is 5.91 Å². The molecule has 3 heterocycles. The van der Waals surface area contributed by atoms with Crippen LogP contribution in [0.25, 0.3) is 10.6 Å². The molecule has 0 aliphatic heterocycles. The molecule has 0 aliphatic carbocycles. The van der Waals surface area contributed by atoms with Crippen LogP contribution in [-0.2, 0) is 0 Å². The van der Waals surface area contributed by atoms with Gasteiger partial charge in [-0.1, -0.05) is 6.07 Å². The van der Waals surface area contributed by atoms with Crippen LogP contribution in [0, 0.1) is 0 Å². The number of H-pyrrole nitrogens is 1. The first-order chi connectivity index (χ1) is 10.1. The highest BCUT2D eigenvalue weighted by Gasteiger charge is 2.14. The molecule has 2 N–H and O–H groups in total. The van der Waals surface area contributed by atoms with Crippen molar-refractivity contribution in [2.45, 2.75) is 19.9 Å². The molecule has 6 nitrogen and oxygen atoms in total. The highest BCUT2D eigenvalue weighted by molar-refractivity contribution is 7.13. The molecule has 7 heteroatoms. The SMILES string of the molecule is CC(C)n1nccc1NC(=O)c1cc(-c2cccs2)[nH]n1. The maximum Gasteiger partial charge on any atom is 0.277 e. The average molecular weight is 301 g/mol. The first kappa shape index (κ1) is 13.6. The zero-order valence-electron chi connectivity index (χ0n) is 11.7. The second-order valence-electron chi connectivity index (χ2n) is 4.85. The van der Waals surface area contributed by atoms with Gasteiger partial charge >= 0.3 is 0 Å². The van der Waals surface area contributed by atoms with E-state index in [9.17, 15) is 4.79 Å². The molecule has 1 amide bonds. The Hall–Kier alpha value is -2.41. The minimum Gasteiger partial charge on any atom is -0.305 e. The summed E-state index contributed by atoms with van der Waals surface area (Å²) in [5.41, 5.74) is 1.20. The molecule has 0 saturated carbocycles. The van der Waals surface area contributed by atoms with Crippen molar-refractivity contribution in [2.24, 2.45) is 0 Å². The third kappa shape index (κ3) is 2.73. The number of thiophene rings is 1. The molecule has 3 rings (SSSR count). The number of nitrogens with zero attached hydrogens (tertiary/aromatic N) is 3. The van der Waals surface area contributed by atoms with Gasteiger partial charge in [-0.05, 0) is 31.4 Å². The largest absolute Gasteiger partial charge is 0.305 e. The van der Waals surface area contributed by atoms with Gasteiger partial charge < -0.3 is 5.32 Å². The number of aromatic nitrogens is 4. The van der Waals surface area contributed by atoms with Crippen LogP contribution >= 0.6 is 11.3 Å². The normalized spacial score (nSPS) is 11.0. The molecule has 0 saturated heterocycles. The van der Waals surface area contributed by atoms with Crippen molar-refractivity contribution in [2.75, 3.05) is 5.32 Å². The van der Waals surface area contributed by atoms with E-state index in [2.05, 4.69) is 20.6 Å². The van der Waals surface area contributed by atoms with Crippen LogP contribution in [0.15, 0.2) is 35.8 Å². The minimum atomic E-state index is -0.253. The summed E-state index contributed by atoms with van der Waals surface area (Å²) in [6.07, 6.45) is 1.66. The maximum absolute atomic E-state index is 12.2. The smallest absolute Gasteiger partial charge is 0.277 e. The molecule has 0 atom stereocenters. The molecule has 0 unspecified atom stereocenters. The summed E-state index contributed by atoms with van der Waals surface area (Å²) >= 11 is 1.60. The number of anilines is 1. The van der Waals surface area contributed by atoms with E-state index in [1.807, 2.05) is 31.4 Å². The summed E-state index contributed by atoms with van der Waals surface area (Å²) in [5.74, 6) is 0.409. The summed E-state index contributed by atoms with van der Waals surface area (Å²) in [7, 11) is 0. The first-order valence-electron chi connectivity index (χ1n) is 6.59. The van der Waals surface area contributed by atoms with Gasteiger partial charge in [0.2, 0.25) is 0 Å². The first-order valence-corrected chi connectivity index (χ1v) is 7.47. The van der Waals surface area contributed by atoms with Gasteiger partial charge in [-0.25, -0.2) is 4.68 Å². The fourth-order valence-corrected chi connectivity index (χ4v) is 2.69. The second kappa shape index (κ2) is 5.53. The van der Waals surface area contributed by atoms with E-state index < -0.39 is 0 Å². The lowest BCUT2D eigenvalue weighted by Gasteiger charge is -2.10. The van der Waals surface area contributed by atoms with E-state index in [0.717, 1.165) is 10.6 Å². The Morgan fingerprint density at radius 3 is 3.00 bits per heavy atom. The number of nitrogens with one attached hydrogen (secondary N) is 2. The zero-order valence-corrected chi connectivity index (χ0v) is 12.5. The van der Waals surface area contributed by atoms with Gasteiger partial charge in [0.1, 0.15) is 5.82 Å². The van der Waals surface area contributed by atoms with Crippen LogP contribution in [0.1, 0.15) is 30.4 Å². The number of aromatic amines is 1. The summed E-state index contributed by atoms with van der Waals surface area (Å²) in [6.45, 7) is 4.01. The van der Waals surface area contributed by atoms with Crippen molar-refractivity contribution in [3.63, 3.8) is 0 Å². The fraction of sp³-hybridized carbons (Fsp3) is 0.214. The predicted octanol–water partition coefficient (Wildman–Crippen LogP) is 3.17. The van der Waals surface area contributed by atoms with Crippen LogP contribution in [0.2, 0.25) is 0 Å². The van der Waals surface area contributed by atoms with Crippen LogP contribution in [0.5, 0.6) is 0 Å². The van der Waals surface area contributed by atoms with Crippen LogP contribution in [0.3, 0.4) is 0 Å². The predicted molar refractivity (Wildman–Crippen MR) is 82.5 cm³/mol. The summed E-state index contributed by atoms with van der Waals surface area (Å²) in [5, 5.41) is 15.9. The molecule has 0 spiro atoms. The van der Waals surface area contributed by atoms with Gasteiger partial charge in [0.05, 0.1) is 16.8 Å². The summed E-state index contributed by atoms with van der Waals surface area (Å²) in [4.78, 5) is 13.3. The van der Waals surface area contributed by atoms with Gasteiger partial charge in [-0.15, -0.1) is 11.3 Å². The zero-order chi connectivity index (χ0) is 14.8. The summed E-state index contributed by atoms with van der Waals surface area (Å²) < 4.78 is 1.75. The lowest BCUT2D eigenvalue weighted by Crippen LogP contribution is -2.17. The Kier molecular flexibility index (Phi) is 3.57. The van der Waals surface area contributed by atoms with Crippen molar-refractivity contribution in [3.05, 3.63) is 41.5 Å². The quantitative estimate of drug-likeness (QED) is 0.777. The number of amides is 1. The van der Waals surface area contributed by atoms with Crippen molar-refractivity contribution in [1.29, 1.82) is 0 Å². The van der Waals surface area contributed by atoms with Gasteiger partial charge in [0.15, 0.2) is 5.69 Å². The lowest BCUT2D eigenvalue weighted by atomic mass is 10.3. The van der Waals surface area contributed by atoms with E-state index in [1.165, 1.54) is 0 Å². The maximum atomic E-state index is 12.2. The average Bonchev–Trinajstić information content (AvgIpc) is 3.19. The second-order valence-corrected chi connectivity index (χ2v) is 5.80. The molecule has 0 bridgehead atoms. The number of rotatable bonds is 4. The third-order valence-corrected chi connectivity index (χ3v) is 3.90. The molecule has 0 radical (unpaired) electrons. The molecule has 3 aromatic rings. The molecule has 0 aromatic carbocycles. The molecular weight excluding hydrogens is 286 g/mol. The molecule has 0 aliphatic rings. The number of hydrogen-bond acceptors (Lipinski definition) is 4. The molecule has 0 fully saturated rings. The highest BCUT2D eigenvalue weighted by Crippen LogP contribution is 2.23. The van der Waals surface area contributed by atoms with Crippen LogP contribution in [0.4, 0.5) is 5.82 Å².